The quantitative estimate of drug-likeness (QED) is 0.0732. The van der Waals surface area contributed by atoms with Gasteiger partial charge in [-0.3, -0.25) is 14.4 Å². The third-order valence-corrected chi connectivity index (χ3v) is 12.9. The van der Waals surface area contributed by atoms with Crippen LogP contribution in [0.3, 0.4) is 0 Å². The number of carbonyl (C=O) groups is 4. The molecule has 0 bridgehead atoms. The Morgan fingerprint density at radius 3 is 1.28 bits per heavy atom. The van der Waals surface area contributed by atoms with Crippen molar-refractivity contribution in [3.63, 3.8) is 0 Å². The summed E-state index contributed by atoms with van der Waals surface area (Å²) in [5.74, 6) is -2.07. The summed E-state index contributed by atoms with van der Waals surface area (Å²) in [6.07, 6.45) is 0.654. The molecule has 0 saturated heterocycles. The van der Waals surface area contributed by atoms with E-state index in [-0.39, 0.29) is 37.3 Å². The molecule has 1 unspecified atom stereocenters. The number of hydrogen-bond donors (Lipinski definition) is 0. The Labute approximate surface area is 239 Å². The van der Waals surface area contributed by atoms with Gasteiger partial charge in [0.05, 0.1) is 35.8 Å². The molecular formula is C24H48O11Si4. The summed E-state index contributed by atoms with van der Waals surface area (Å²) in [4.78, 5) is 47.3. The average Bonchev–Trinajstić information content (AvgIpc) is 2.75. The van der Waals surface area contributed by atoms with Gasteiger partial charge in [-0.25, -0.2) is 4.79 Å². The molecule has 0 aromatic heterocycles. The number of esters is 4. The van der Waals surface area contributed by atoms with Crippen molar-refractivity contribution in [3.8, 4) is 0 Å². The molecule has 1 atom stereocenters. The van der Waals surface area contributed by atoms with Crippen molar-refractivity contribution in [1.29, 1.82) is 0 Å². The molecule has 0 N–H and O–H groups in total. The van der Waals surface area contributed by atoms with Crippen LogP contribution in [0.1, 0.15) is 34.1 Å². The number of rotatable bonds is 18. The van der Waals surface area contributed by atoms with E-state index in [1.165, 1.54) is 20.8 Å². The fourth-order valence-corrected chi connectivity index (χ4v) is 7.23. The summed E-state index contributed by atoms with van der Waals surface area (Å²) in [5.41, 5.74) is -0.244. The lowest BCUT2D eigenvalue weighted by molar-refractivity contribution is -0.144. The van der Waals surface area contributed by atoms with Crippen molar-refractivity contribution in [1.82, 2.24) is 0 Å². The minimum Gasteiger partial charge on any atom is -0.534 e. The van der Waals surface area contributed by atoms with Crippen LogP contribution in [-0.2, 0) is 51.4 Å². The van der Waals surface area contributed by atoms with Gasteiger partial charge in [0.2, 0.25) is 8.32 Å². The highest BCUT2D eigenvalue weighted by Crippen LogP contribution is 2.29. The Kier molecular flexibility index (Phi) is 16.0. The van der Waals surface area contributed by atoms with Crippen molar-refractivity contribution in [2.75, 3.05) is 19.8 Å². The Bertz CT molecular complexity index is 836. The van der Waals surface area contributed by atoms with E-state index in [0.717, 1.165) is 0 Å². The third kappa shape index (κ3) is 18.0. The first-order chi connectivity index (χ1) is 17.8. The van der Waals surface area contributed by atoms with Gasteiger partial charge < -0.3 is 32.2 Å². The van der Waals surface area contributed by atoms with E-state index >= 15 is 0 Å². The second-order valence-corrected chi connectivity index (χ2v) is 25.1. The molecular weight excluding hydrogens is 577 g/mol. The number of carbonyl (C=O) groups excluding carboxylic acids is 4. The normalized spacial score (nSPS) is 12.6. The summed E-state index contributed by atoms with van der Waals surface area (Å²) in [5, 5.41) is 0. The van der Waals surface area contributed by atoms with Crippen LogP contribution in [0, 0.1) is 0 Å². The molecule has 0 aromatic rings. The van der Waals surface area contributed by atoms with Crippen LogP contribution in [0.15, 0.2) is 11.7 Å². The molecule has 0 saturated carbocycles. The van der Waals surface area contributed by atoms with Crippen molar-refractivity contribution in [2.24, 2.45) is 0 Å². The first-order valence-electron chi connectivity index (χ1n) is 13.2. The maximum atomic E-state index is 13.5. The lowest BCUT2D eigenvalue weighted by Gasteiger charge is -2.34. The zero-order valence-corrected chi connectivity index (χ0v) is 30.5. The van der Waals surface area contributed by atoms with Gasteiger partial charge in [0.25, 0.3) is 22.4 Å². The molecule has 0 spiro atoms. The Balaban J connectivity index is 6.48. The summed E-state index contributed by atoms with van der Waals surface area (Å²) < 4.78 is 40.3. The molecule has 39 heavy (non-hydrogen) atoms. The fraction of sp³-hybridized carbons (Fsp3) is 0.750. The first-order valence-corrected chi connectivity index (χ1v) is 23.7. The molecule has 0 amide bonds. The molecule has 11 nitrogen and oxygen atoms in total. The van der Waals surface area contributed by atoms with Crippen LogP contribution >= 0.6 is 0 Å². The minimum atomic E-state index is -2.64. The summed E-state index contributed by atoms with van der Waals surface area (Å²) in [7, 11) is -7.24. The molecule has 0 fully saturated rings. The average molecular weight is 625 g/mol. The van der Waals surface area contributed by atoms with Gasteiger partial charge >= 0.3 is 29.8 Å². The molecule has 0 radical (unpaired) electrons. The predicted molar refractivity (Wildman–Crippen MR) is 157 cm³/mol. The molecule has 15 heteroatoms. The van der Waals surface area contributed by atoms with Gasteiger partial charge in [0, 0.05) is 38.9 Å². The van der Waals surface area contributed by atoms with E-state index < -0.39 is 48.8 Å². The number of hydrogen-bond acceptors (Lipinski definition) is 11. The van der Waals surface area contributed by atoms with Gasteiger partial charge in [0.15, 0.2) is 0 Å². The lowest BCUT2D eigenvalue weighted by Crippen LogP contribution is -2.41. The van der Waals surface area contributed by atoms with Gasteiger partial charge in [-0.05, 0) is 45.7 Å². The van der Waals surface area contributed by atoms with Crippen LogP contribution < -0.4 is 0 Å². The van der Waals surface area contributed by atoms with Crippen molar-refractivity contribution in [2.45, 2.75) is 97.3 Å². The van der Waals surface area contributed by atoms with E-state index in [4.69, 9.17) is 32.2 Å². The molecule has 0 aliphatic rings. The zero-order chi connectivity index (χ0) is 30.4. The minimum absolute atomic E-state index is 0.0583. The first kappa shape index (κ1) is 36.9. The topological polar surface area (TPSA) is 133 Å². The molecule has 0 rings (SSSR count). The summed E-state index contributed by atoms with van der Waals surface area (Å²) >= 11 is 0. The highest BCUT2D eigenvalue weighted by atomic mass is 28.4. The largest absolute Gasteiger partial charge is 0.534 e. The predicted octanol–water partition coefficient (Wildman–Crippen LogP) is 3.15. The highest BCUT2D eigenvalue weighted by Gasteiger charge is 2.39. The molecule has 226 valence electrons. The van der Waals surface area contributed by atoms with Crippen LogP contribution in [0.2, 0.25) is 57.4 Å². The second-order valence-electron chi connectivity index (χ2n) is 11.1. The van der Waals surface area contributed by atoms with Gasteiger partial charge in [0.1, 0.15) is 0 Å². The zero-order valence-electron chi connectivity index (χ0n) is 25.5. The SMILES string of the molecule is CCC([SiH3])OC(=O)C(O[Si](C)(C)CCOC(C)=O)=C(O[Si](C)(C)CCOC(C)=O)O[Si](C)(C)CCOC(C)=O. The van der Waals surface area contributed by atoms with Gasteiger partial charge in [-0.1, -0.05) is 6.92 Å². The van der Waals surface area contributed by atoms with Crippen molar-refractivity contribution >= 4 is 59.1 Å². The van der Waals surface area contributed by atoms with Crippen LogP contribution in [0.25, 0.3) is 0 Å². The van der Waals surface area contributed by atoms with E-state index in [1.54, 1.807) is 0 Å². The summed E-state index contributed by atoms with van der Waals surface area (Å²) in [6, 6.07) is 1.32. The van der Waals surface area contributed by atoms with Crippen LogP contribution in [0.5, 0.6) is 0 Å². The Morgan fingerprint density at radius 2 is 0.974 bits per heavy atom. The molecule has 0 aliphatic carbocycles. The molecule has 0 aliphatic heterocycles. The summed E-state index contributed by atoms with van der Waals surface area (Å²) in [6.45, 7) is 17.9. The van der Waals surface area contributed by atoms with Crippen molar-refractivity contribution in [3.05, 3.63) is 11.7 Å². The van der Waals surface area contributed by atoms with E-state index in [0.29, 0.717) is 34.8 Å². The van der Waals surface area contributed by atoms with E-state index in [1.807, 2.05) is 46.2 Å². The number of ether oxygens (including phenoxy) is 4. The monoisotopic (exact) mass is 624 g/mol. The maximum Gasteiger partial charge on any atom is 0.379 e. The molecule has 0 aromatic carbocycles. The third-order valence-electron chi connectivity index (χ3n) is 5.40. The maximum absolute atomic E-state index is 13.5. The van der Waals surface area contributed by atoms with Crippen LogP contribution in [-0.4, -0.2) is 84.6 Å². The van der Waals surface area contributed by atoms with E-state index in [2.05, 4.69) is 0 Å². The Hall–Kier alpha value is -2.11. The van der Waals surface area contributed by atoms with E-state index in [9.17, 15) is 19.2 Å². The smallest absolute Gasteiger partial charge is 0.379 e. The lowest BCUT2D eigenvalue weighted by atomic mass is 10.5. The standard InChI is InChI=1S/C24H48O11Si4/c1-11-21(36)32-23(28)22(33-37(5,6)15-12-29-18(2)25)24(34-38(7,8)16-13-30-19(3)26)35-39(9,10)17-14-31-20(4)27/h21H,11-17H2,1-10,36H3. The van der Waals surface area contributed by atoms with Crippen molar-refractivity contribution < 1.29 is 51.4 Å². The fourth-order valence-electron chi connectivity index (χ4n) is 2.85. The van der Waals surface area contributed by atoms with Gasteiger partial charge in [-0.2, -0.15) is 0 Å². The molecule has 0 heterocycles. The van der Waals surface area contributed by atoms with Gasteiger partial charge in [-0.15, -0.1) is 0 Å². The van der Waals surface area contributed by atoms with Crippen LogP contribution in [0.4, 0.5) is 0 Å². The second kappa shape index (κ2) is 16.9. The highest BCUT2D eigenvalue weighted by molar-refractivity contribution is 6.73. The Morgan fingerprint density at radius 1 is 0.641 bits per heavy atom.